The van der Waals surface area contributed by atoms with Gasteiger partial charge in [-0.3, -0.25) is 0 Å². The van der Waals surface area contributed by atoms with Gasteiger partial charge in [-0.2, -0.15) is 17.7 Å². The molecule has 1 aromatic carbocycles. The van der Waals surface area contributed by atoms with Crippen LogP contribution in [-0.4, -0.2) is 0 Å². The maximum atomic E-state index is 12.7. The van der Waals surface area contributed by atoms with Crippen molar-refractivity contribution in [1.29, 1.82) is 0 Å². The van der Waals surface area contributed by atoms with Gasteiger partial charge in [0.15, 0.2) is 0 Å². The van der Waals surface area contributed by atoms with Crippen molar-refractivity contribution in [3.05, 3.63) is 35.6 Å². The number of hydrogen-bond acceptors (Lipinski definition) is 0. The molecular formula is C13H16FY-. The summed E-state index contributed by atoms with van der Waals surface area (Å²) in [6.45, 7) is 2.31. The third-order valence-electron chi connectivity index (χ3n) is 3.29. The zero-order chi connectivity index (χ0) is 9.97. The average Bonchev–Trinajstić information content (AvgIpc) is 2.21. The summed E-state index contributed by atoms with van der Waals surface area (Å²) in [5.74, 6) is 1.26. The van der Waals surface area contributed by atoms with Gasteiger partial charge in [0, 0.05) is 38.5 Å². The summed E-state index contributed by atoms with van der Waals surface area (Å²) in [6.07, 6.45) is 5.12. The van der Waals surface area contributed by atoms with Crippen molar-refractivity contribution in [2.24, 2.45) is 5.92 Å². The van der Waals surface area contributed by atoms with Crippen molar-refractivity contribution < 1.29 is 37.1 Å². The maximum Gasteiger partial charge on any atom is 0.0109 e. The van der Waals surface area contributed by atoms with Crippen LogP contribution in [0.15, 0.2) is 18.2 Å². The Morgan fingerprint density at radius 2 is 1.87 bits per heavy atom. The van der Waals surface area contributed by atoms with Crippen LogP contribution in [0.1, 0.15) is 44.1 Å². The molecular weight excluding hydrogens is 264 g/mol. The van der Waals surface area contributed by atoms with Crippen molar-refractivity contribution in [2.75, 3.05) is 0 Å². The molecule has 0 saturated heterocycles. The number of halogens is 1. The van der Waals surface area contributed by atoms with Gasteiger partial charge < -0.3 is 0 Å². The summed E-state index contributed by atoms with van der Waals surface area (Å²) < 4.78 is 12.7. The van der Waals surface area contributed by atoms with Crippen molar-refractivity contribution in [3.63, 3.8) is 0 Å². The molecule has 0 N–H and O–H groups in total. The van der Waals surface area contributed by atoms with Crippen molar-refractivity contribution in [2.45, 2.75) is 38.5 Å². The first-order chi connectivity index (χ1) is 6.75. The molecule has 0 spiro atoms. The minimum Gasteiger partial charge on any atom is -0.236 e. The van der Waals surface area contributed by atoms with E-state index in [0.717, 1.165) is 5.92 Å². The summed E-state index contributed by atoms with van der Waals surface area (Å²) >= 11 is 0. The first-order valence-electron chi connectivity index (χ1n) is 5.43. The van der Waals surface area contributed by atoms with Crippen LogP contribution in [0.3, 0.4) is 0 Å². The summed E-state index contributed by atoms with van der Waals surface area (Å²) in [5.41, 5.74) is 1.26. The van der Waals surface area contributed by atoms with E-state index in [2.05, 4.69) is 13.0 Å². The van der Waals surface area contributed by atoms with Crippen LogP contribution in [0.2, 0.25) is 0 Å². The first kappa shape index (κ1) is 13.3. The second-order valence-electron chi connectivity index (χ2n) is 4.43. The van der Waals surface area contributed by atoms with Crippen LogP contribution in [0.4, 0.5) is 4.39 Å². The monoisotopic (exact) mass is 280 g/mol. The van der Waals surface area contributed by atoms with E-state index in [1.54, 1.807) is 0 Å². The zero-order valence-corrected chi connectivity index (χ0v) is 12.0. The Hall–Kier alpha value is 0.254. The molecule has 1 fully saturated rings. The standard InChI is InChI=1S/C13H16F.Y/c1-10-2-4-11(5-3-10)12-6-8-13(14)9-7-12;/h6-8,10-11H,2-5H2,1H3;/q-1;. The van der Waals surface area contributed by atoms with Gasteiger partial charge >= 0.3 is 0 Å². The summed E-state index contributed by atoms with van der Waals surface area (Å²) in [4.78, 5) is 0. The summed E-state index contributed by atoms with van der Waals surface area (Å²) in [6, 6.07) is 7.89. The van der Waals surface area contributed by atoms with E-state index in [9.17, 15) is 4.39 Å². The molecule has 1 radical (unpaired) electrons. The van der Waals surface area contributed by atoms with Crippen LogP contribution < -0.4 is 0 Å². The van der Waals surface area contributed by atoms with E-state index in [-0.39, 0.29) is 38.5 Å². The quantitative estimate of drug-likeness (QED) is 0.684. The molecule has 2 heteroatoms. The maximum absolute atomic E-state index is 12.7. The van der Waals surface area contributed by atoms with Gasteiger partial charge in [0.25, 0.3) is 0 Å². The SMILES string of the molecule is CC1CCC(c2c[c-]c(F)cc2)CC1.[Y]. The number of rotatable bonds is 1. The first-order valence-corrected chi connectivity index (χ1v) is 5.43. The minimum absolute atomic E-state index is 0. The van der Waals surface area contributed by atoms with Gasteiger partial charge in [0.05, 0.1) is 0 Å². The predicted molar refractivity (Wildman–Crippen MR) is 55.6 cm³/mol. The predicted octanol–water partition coefficient (Wildman–Crippen LogP) is 3.92. The van der Waals surface area contributed by atoms with Gasteiger partial charge in [0.2, 0.25) is 0 Å². The van der Waals surface area contributed by atoms with E-state index in [4.69, 9.17) is 0 Å². The van der Waals surface area contributed by atoms with E-state index in [1.165, 1.54) is 37.3 Å². The zero-order valence-electron chi connectivity index (χ0n) is 9.17. The fourth-order valence-corrected chi connectivity index (χ4v) is 2.27. The van der Waals surface area contributed by atoms with Crippen molar-refractivity contribution >= 4 is 0 Å². The Morgan fingerprint density at radius 1 is 1.20 bits per heavy atom. The molecule has 0 atom stereocenters. The van der Waals surface area contributed by atoms with E-state index in [0.29, 0.717) is 5.92 Å². The van der Waals surface area contributed by atoms with Gasteiger partial charge in [0.1, 0.15) is 0 Å². The molecule has 0 unspecified atom stereocenters. The van der Waals surface area contributed by atoms with E-state index in [1.807, 2.05) is 12.1 Å². The molecule has 79 valence electrons. The van der Waals surface area contributed by atoms with Gasteiger partial charge in [-0.05, 0) is 5.92 Å². The number of benzene rings is 1. The average molecular weight is 280 g/mol. The topological polar surface area (TPSA) is 0 Å². The van der Waals surface area contributed by atoms with E-state index >= 15 is 0 Å². The second-order valence-corrected chi connectivity index (χ2v) is 4.43. The number of hydrogen-bond donors (Lipinski definition) is 0. The van der Waals surface area contributed by atoms with Gasteiger partial charge in [-0.25, -0.2) is 4.39 Å². The third-order valence-corrected chi connectivity index (χ3v) is 3.29. The second kappa shape index (κ2) is 6.10. The Balaban J connectivity index is 0.00000112. The molecule has 1 aliphatic rings. The molecule has 0 aromatic heterocycles. The van der Waals surface area contributed by atoms with Crippen LogP contribution in [0.5, 0.6) is 0 Å². The molecule has 0 heterocycles. The molecule has 2 rings (SSSR count). The largest absolute Gasteiger partial charge is 0.236 e. The summed E-state index contributed by atoms with van der Waals surface area (Å²) in [7, 11) is 0. The van der Waals surface area contributed by atoms with Gasteiger partial charge in [-0.15, -0.1) is 12.1 Å². The van der Waals surface area contributed by atoms with Crippen LogP contribution >= 0.6 is 0 Å². The molecule has 0 nitrogen and oxygen atoms in total. The molecule has 1 saturated carbocycles. The molecule has 0 aliphatic heterocycles. The van der Waals surface area contributed by atoms with Gasteiger partial charge in [-0.1, -0.05) is 38.5 Å². The Labute approximate surface area is 117 Å². The third kappa shape index (κ3) is 3.64. The van der Waals surface area contributed by atoms with Crippen molar-refractivity contribution in [1.82, 2.24) is 0 Å². The molecule has 0 bridgehead atoms. The van der Waals surface area contributed by atoms with Crippen LogP contribution in [0.25, 0.3) is 0 Å². The van der Waals surface area contributed by atoms with Crippen LogP contribution in [0, 0.1) is 17.8 Å². The fourth-order valence-electron chi connectivity index (χ4n) is 2.27. The minimum atomic E-state index is -0.252. The van der Waals surface area contributed by atoms with Crippen LogP contribution in [-0.2, 0) is 32.7 Å². The van der Waals surface area contributed by atoms with Crippen molar-refractivity contribution in [3.8, 4) is 0 Å². The Bertz CT molecular complexity index is 286. The molecule has 1 aliphatic carbocycles. The van der Waals surface area contributed by atoms with E-state index < -0.39 is 0 Å². The molecule has 0 amide bonds. The Kier molecular flexibility index (Phi) is 5.42. The Morgan fingerprint density at radius 3 is 2.40 bits per heavy atom. The summed E-state index contributed by atoms with van der Waals surface area (Å²) in [5, 5.41) is 0. The smallest absolute Gasteiger partial charge is 0.0109 e. The molecule has 15 heavy (non-hydrogen) atoms. The fraction of sp³-hybridized carbons (Fsp3) is 0.538. The molecule has 1 aromatic rings. The normalized spacial score (nSPS) is 25.7.